The van der Waals surface area contributed by atoms with Gasteiger partial charge >= 0.3 is 0 Å². The van der Waals surface area contributed by atoms with Crippen molar-refractivity contribution < 1.29 is 9.13 Å². The quantitative estimate of drug-likeness (QED) is 0.852. The van der Waals surface area contributed by atoms with Crippen molar-refractivity contribution >= 4 is 16.3 Å². The van der Waals surface area contributed by atoms with E-state index >= 15 is 0 Å². The minimum atomic E-state index is -0.335. The maximum Gasteiger partial charge on any atom is 0.128 e. The molecule has 0 saturated carbocycles. The molecule has 0 atom stereocenters. The number of rotatable bonds is 2. The van der Waals surface area contributed by atoms with Gasteiger partial charge < -0.3 is 10.5 Å². The van der Waals surface area contributed by atoms with Crippen molar-refractivity contribution in [3.63, 3.8) is 0 Å². The Morgan fingerprint density at radius 2 is 2.27 bits per heavy atom. The fourth-order valence-corrected chi connectivity index (χ4v) is 1.87. The van der Waals surface area contributed by atoms with Gasteiger partial charge in [0.25, 0.3) is 0 Å². The van der Waals surface area contributed by atoms with Gasteiger partial charge in [-0.25, -0.2) is 9.37 Å². The molecule has 2 aromatic rings. The highest BCUT2D eigenvalue weighted by atomic mass is 32.1. The van der Waals surface area contributed by atoms with Gasteiger partial charge in [-0.1, -0.05) is 0 Å². The summed E-state index contributed by atoms with van der Waals surface area (Å²) in [6, 6.07) is 4.26. The number of hydrogen-bond donors (Lipinski definition) is 1. The number of nitrogens with two attached hydrogens (primary N) is 1. The molecule has 0 unspecified atom stereocenters. The molecule has 2 rings (SSSR count). The van der Waals surface area contributed by atoms with E-state index in [1.54, 1.807) is 11.6 Å². The van der Waals surface area contributed by atoms with Crippen molar-refractivity contribution in [2.24, 2.45) is 0 Å². The molecular weight excluding hydrogens is 215 g/mol. The summed E-state index contributed by atoms with van der Waals surface area (Å²) in [5, 5.41) is 0.555. The summed E-state index contributed by atoms with van der Waals surface area (Å²) in [5.41, 5.74) is 8.49. The van der Waals surface area contributed by atoms with Gasteiger partial charge in [0, 0.05) is 5.56 Å². The summed E-state index contributed by atoms with van der Waals surface area (Å²) in [7, 11) is 1.53. The van der Waals surface area contributed by atoms with Crippen molar-refractivity contribution in [1.29, 1.82) is 0 Å². The minimum absolute atomic E-state index is 0.335. The standard InChI is InChI=1S/C10H9FN2OS/c1-14-8-3-2-6(11)4-7(8)9-10(12)15-5-13-9/h2-5H,12H2,1H3. The Bertz CT molecular complexity index is 484. The number of aromatic nitrogens is 1. The van der Waals surface area contributed by atoms with Crippen LogP contribution in [0.1, 0.15) is 0 Å². The van der Waals surface area contributed by atoms with Crippen LogP contribution in [0, 0.1) is 5.82 Å². The molecule has 0 spiro atoms. The summed E-state index contributed by atoms with van der Waals surface area (Å²) >= 11 is 1.31. The van der Waals surface area contributed by atoms with Gasteiger partial charge in [-0.2, -0.15) is 0 Å². The highest BCUT2D eigenvalue weighted by molar-refractivity contribution is 7.14. The smallest absolute Gasteiger partial charge is 0.128 e. The van der Waals surface area contributed by atoms with E-state index in [0.29, 0.717) is 22.0 Å². The van der Waals surface area contributed by atoms with Gasteiger partial charge in [-0.15, -0.1) is 11.3 Å². The maximum absolute atomic E-state index is 13.1. The van der Waals surface area contributed by atoms with E-state index in [1.807, 2.05) is 0 Å². The third kappa shape index (κ3) is 1.78. The van der Waals surface area contributed by atoms with Gasteiger partial charge in [-0.05, 0) is 18.2 Å². The molecule has 0 aliphatic rings. The Kier molecular flexibility index (Phi) is 2.55. The lowest BCUT2D eigenvalue weighted by atomic mass is 10.1. The molecule has 0 amide bonds. The van der Waals surface area contributed by atoms with Gasteiger partial charge in [0.15, 0.2) is 0 Å². The molecule has 5 heteroatoms. The van der Waals surface area contributed by atoms with E-state index in [4.69, 9.17) is 10.5 Å². The number of halogens is 1. The van der Waals surface area contributed by atoms with Crippen LogP contribution in [0.15, 0.2) is 23.7 Å². The van der Waals surface area contributed by atoms with Crippen LogP contribution < -0.4 is 10.5 Å². The summed E-state index contributed by atoms with van der Waals surface area (Å²) in [6.45, 7) is 0. The zero-order valence-electron chi connectivity index (χ0n) is 8.03. The first-order valence-electron chi connectivity index (χ1n) is 4.25. The van der Waals surface area contributed by atoms with Crippen molar-refractivity contribution in [3.05, 3.63) is 29.5 Å². The monoisotopic (exact) mass is 224 g/mol. The Balaban J connectivity index is 2.60. The van der Waals surface area contributed by atoms with E-state index in [9.17, 15) is 4.39 Å². The fraction of sp³-hybridized carbons (Fsp3) is 0.100. The first-order valence-corrected chi connectivity index (χ1v) is 5.13. The summed E-state index contributed by atoms with van der Waals surface area (Å²) in [5.74, 6) is 0.229. The van der Waals surface area contributed by atoms with Gasteiger partial charge in [0.2, 0.25) is 0 Å². The highest BCUT2D eigenvalue weighted by Gasteiger charge is 2.12. The molecule has 0 bridgehead atoms. The number of nitrogens with zero attached hydrogens (tertiary/aromatic N) is 1. The third-order valence-electron chi connectivity index (χ3n) is 2.01. The van der Waals surface area contributed by atoms with Crippen LogP contribution in [0.25, 0.3) is 11.3 Å². The number of thiazole rings is 1. The first-order chi connectivity index (χ1) is 7.22. The van der Waals surface area contributed by atoms with Crippen LogP contribution in [0.5, 0.6) is 5.75 Å². The van der Waals surface area contributed by atoms with Crippen LogP contribution in [-0.2, 0) is 0 Å². The molecule has 0 aliphatic carbocycles. The topological polar surface area (TPSA) is 48.1 Å². The molecule has 0 fully saturated rings. The van der Waals surface area contributed by atoms with Crippen molar-refractivity contribution in [1.82, 2.24) is 4.98 Å². The van der Waals surface area contributed by atoms with Crippen LogP contribution in [-0.4, -0.2) is 12.1 Å². The van der Waals surface area contributed by atoms with E-state index in [-0.39, 0.29) is 5.82 Å². The van der Waals surface area contributed by atoms with E-state index in [2.05, 4.69) is 4.98 Å². The molecular formula is C10H9FN2OS. The molecule has 3 nitrogen and oxygen atoms in total. The molecule has 0 aliphatic heterocycles. The lowest BCUT2D eigenvalue weighted by Gasteiger charge is -2.06. The molecule has 0 radical (unpaired) electrons. The van der Waals surface area contributed by atoms with Gasteiger partial charge in [0.1, 0.15) is 22.3 Å². The number of benzene rings is 1. The fourth-order valence-electron chi connectivity index (χ4n) is 1.32. The largest absolute Gasteiger partial charge is 0.496 e. The average molecular weight is 224 g/mol. The molecule has 1 aromatic heterocycles. The van der Waals surface area contributed by atoms with Crippen molar-refractivity contribution in [3.8, 4) is 17.0 Å². The van der Waals surface area contributed by atoms with Crippen LogP contribution in [0.4, 0.5) is 9.39 Å². The normalized spacial score (nSPS) is 10.3. The number of anilines is 1. The highest BCUT2D eigenvalue weighted by Crippen LogP contribution is 2.34. The Morgan fingerprint density at radius 3 is 2.87 bits per heavy atom. The van der Waals surface area contributed by atoms with Crippen LogP contribution in [0.3, 0.4) is 0 Å². The van der Waals surface area contributed by atoms with Crippen molar-refractivity contribution in [2.75, 3.05) is 12.8 Å². The molecule has 1 heterocycles. The summed E-state index contributed by atoms with van der Waals surface area (Å²) in [4.78, 5) is 4.08. The van der Waals surface area contributed by atoms with E-state index < -0.39 is 0 Å². The number of nitrogen functional groups attached to an aromatic ring is 1. The molecule has 2 N–H and O–H groups in total. The second-order valence-corrected chi connectivity index (χ2v) is 3.80. The lowest BCUT2D eigenvalue weighted by Crippen LogP contribution is -1.92. The maximum atomic E-state index is 13.1. The second kappa shape index (κ2) is 3.86. The van der Waals surface area contributed by atoms with E-state index in [0.717, 1.165) is 0 Å². The molecule has 1 aromatic carbocycles. The second-order valence-electron chi connectivity index (χ2n) is 2.91. The predicted molar refractivity (Wildman–Crippen MR) is 58.5 cm³/mol. The van der Waals surface area contributed by atoms with Crippen LogP contribution >= 0.6 is 11.3 Å². The zero-order chi connectivity index (χ0) is 10.8. The number of ether oxygens (including phenoxy) is 1. The first kappa shape index (κ1) is 9.92. The molecule has 15 heavy (non-hydrogen) atoms. The Labute approximate surface area is 90.3 Å². The number of methoxy groups -OCH3 is 1. The van der Waals surface area contributed by atoms with Crippen molar-refractivity contribution in [2.45, 2.75) is 0 Å². The predicted octanol–water partition coefficient (Wildman–Crippen LogP) is 2.54. The van der Waals surface area contributed by atoms with Crippen LogP contribution in [0.2, 0.25) is 0 Å². The summed E-state index contributed by atoms with van der Waals surface area (Å²) < 4.78 is 18.2. The van der Waals surface area contributed by atoms with Gasteiger partial charge in [0.05, 0.1) is 12.6 Å². The van der Waals surface area contributed by atoms with E-state index in [1.165, 1.54) is 30.6 Å². The lowest BCUT2D eigenvalue weighted by molar-refractivity contribution is 0.415. The minimum Gasteiger partial charge on any atom is -0.496 e. The SMILES string of the molecule is COc1ccc(F)cc1-c1ncsc1N. The third-order valence-corrected chi connectivity index (χ3v) is 2.67. The van der Waals surface area contributed by atoms with Gasteiger partial charge in [-0.3, -0.25) is 0 Å². The average Bonchev–Trinajstić information content (AvgIpc) is 2.64. The molecule has 0 saturated heterocycles. The Morgan fingerprint density at radius 1 is 1.47 bits per heavy atom. The Hall–Kier alpha value is -1.62. The zero-order valence-corrected chi connectivity index (χ0v) is 8.84. The molecule has 78 valence electrons. The number of hydrogen-bond acceptors (Lipinski definition) is 4. The summed E-state index contributed by atoms with van der Waals surface area (Å²) in [6.07, 6.45) is 0.